The first-order valence-corrected chi connectivity index (χ1v) is 6.10. The first kappa shape index (κ1) is 12.8. The van der Waals surface area contributed by atoms with E-state index in [-0.39, 0.29) is 11.5 Å². The highest BCUT2D eigenvalue weighted by Crippen LogP contribution is 2.15. The predicted octanol–water partition coefficient (Wildman–Crippen LogP) is 2.49. The maximum atomic E-state index is 11.6. The number of hydrogen-bond donors (Lipinski definition) is 1. The zero-order valence-corrected chi connectivity index (χ0v) is 10.0. The van der Waals surface area contributed by atoms with Crippen molar-refractivity contribution in [3.05, 3.63) is 28.1 Å². The van der Waals surface area contributed by atoms with Gasteiger partial charge in [-0.15, -0.1) is 0 Å². The van der Waals surface area contributed by atoms with E-state index in [1.807, 2.05) is 0 Å². The Balaban J connectivity index is 2.50. The van der Waals surface area contributed by atoms with E-state index >= 15 is 0 Å². The number of rotatable bonds is 6. The predicted molar refractivity (Wildman–Crippen MR) is 63.9 cm³/mol. The Morgan fingerprint density at radius 2 is 2.31 bits per heavy atom. The summed E-state index contributed by atoms with van der Waals surface area (Å²) >= 11 is 1.54. The fourth-order valence-electron chi connectivity index (χ4n) is 1.11. The highest BCUT2D eigenvalue weighted by molar-refractivity contribution is 7.99. The Hall–Kier alpha value is -1.30. The minimum Gasteiger partial charge on any atom is -0.353 e. The molecule has 0 saturated heterocycles. The fraction of sp³-hybridized carbons (Fsp3) is 0.500. The van der Waals surface area contributed by atoms with Gasteiger partial charge in [0.1, 0.15) is 0 Å². The van der Waals surface area contributed by atoms with Crippen LogP contribution in [0.4, 0.5) is 5.69 Å². The molecule has 0 aromatic carbocycles. The summed E-state index contributed by atoms with van der Waals surface area (Å²) < 4.78 is 0. The maximum absolute atomic E-state index is 11.6. The van der Waals surface area contributed by atoms with Crippen LogP contribution in [0, 0.1) is 16.0 Å². The standard InChI is InChI=1S/C10H14N2O3S/c1-7(2)5-16-6-10(13)9-3-8(4-11-9)12(14)15/h3-4,7,11H,5-6H2,1-2H3. The molecule has 1 N–H and O–H groups in total. The van der Waals surface area contributed by atoms with Crippen LogP contribution in [0.15, 0.2) is 12.3 Å². The Kier molecular flexibility index (Phi) is 4.54. The molecule has 1 aromatic heterocycles. The van der Waals surface area contributed by atoms with Crippen molar-refractivity contribution in [2.45, 2.75) is 13.8 Å². The van der Waals surface area contributed by atoms with Gasteiger partial charge in [-0.3, -0.25) is 14.9 Å². The average Bonchev–Trinajstić information content (AvgIpc) is 2.65. The lowest BCUT2D eigenvalue weighted by Gasteiger charge is -2.02. The van der Waals surface area contributed by atoms with Gasteiger partial charge in [0, 0.05) is 6.07 Å². The van der Waals surface area contributed by atoms with Crippen molar-refractivity contribution in [1.82, 2.24) is 4.98 Å². The zero-order valence-electron chi connectivity index (χ0n) is 9.23. The fourth-order valence-corrected chi connectivity index (χ4v) is 2.04. The molecule has 0 aliphatic carbocycles. The summed E-state index contributed by atoms with van der Waals surface area (Å²) in [5, 5.41) is 10.4. The van der Waals surface area contributed by atoms with Crippen LogP contribution in [0.3, 0.4) is 0 Å². The van der Waals surface area contributed by atoms with Crippen LogP contribution in [-0.2, 0) is 0 Å². The number of carbonyl (C=O) groups excluding carboxylic acids is 1. The van der Waals surface area contributed by atoms with Gasteiger partial charge >= 0.3 is 0 Å². The van der Waals surface area contributed by atoms with Gasteiger partial charge in [0.2, 0.25) is 0 Å². The molecule has 1 aromatic rings. The van der Waals surface area contributed by atoms with Crippen molar-refractivity contribution in [3.63, 3.8) is 0 Å². The van der Waals surface area contributed by atoms with Crippen LogP contribution < -0.4 is 0 Å². The van der Waals surface area contributed by atoms with E-state index in [0.717, 1.165) is 5.75 Å². The average molecular weight is 242 g/mol. The Morgan fingerprint density at radius 3 is 2.81 bits per heavy atom. The third-order valence-electron chi connectivity index (χ3n) is 1.86. The molecule has 1 rings (SSSR count). The largest absolute Gasteiger partial charge is 0.353 e. The van der Waals surface area contributed by atoms with Gasteiger partial charge < -0.3 is 4.98 Å². The molecule has 0 aliphatic heterocycles. The number of Topliss-reactive ketones (excluding diaryl/α,β-unsaturated/α-hetero) is 1. The molecule has 0 radical (unpaired) electrons. The molecule has 0 fully saturated rings. The minimum atomic E-state index is -0.519. The van der Waals surface area contributed by atoms with Crippen LogP contribution in [0.25, 0.3) is 0 Å². The van der Waals surface area contributed by atoms with Crippen LogP contribution in [0.2, 0.25) is 0 Å². The highest BCUT2D eigenvalue weighted by atomic mass is 32.2. The number of aromatic nitrogens is 1. The van der Waals surface area contributed by atoms with Crippen LogP contribution in [0.5, 0.6) is 0 Å². The topological polar surface area (TPSA) is 76.0 Å². The Labute approximate surface area is 97.8 Å². The number of thioether (sulfide) groups is 1. The van der Waals surface area contributed by atoms with Crippen LogP contribution in [-0.4, -0.2) is 27.2 Å². The van der Waals surface area contributed by atoms with E-state index in [1.165, 1.54) is 12.3 Å². The summed E-state index contributed by atoms with van der Waals surface area (Å²) in [5.74, 6) is 1.71. The van der Waals surface area contributed by atoms with Gasteiger partial charge in [0.05, 0.1) is 22.6 Å². The molecule has 0 aliphatic rings. The zero-order chi connectivity index (χ0) is 12.1. The lowest BCUT2D eigenvalue weighted by Crippen LogP contribution is -2.04. The highest BCUT2D eigenvalue weighted by Gasteiger charge is 2.14. The third kappa shape index (κ3) is 3.69. The minimum absolute atomic E-state index is 0.0720. The molecule has 6 heteroatoms. The molecule has 0 saturated carbocycles. The van der Waals surface area contributed by atoms with Crippen LogP contribution in [0.1, 0.15) is 24.3 Å². The number of carbonyl (C=O) groups is 1. The van der Waals surface area contributed by atoms with Crippen molar-refractivity contribution >= 4 is 23.2 Å². The number of H-pyrrole nitrogens is 1. The second kappa shape index (κ2) is 5.69. The van der Waals surface area contributed by atoms with Crippen molar-refractivity contribution in [1.29, 1.82) is 0 Å². The molecule has 1 heterocycles. The molecule has 0 amide bonds. The van der Waals surface area contributed by atoms with Crippen molar-refractivity contribution < 1.29 is 9.72 Å². The number of hydrogen-bond acceptors (Lipinski definition) is 4. The summed E-state index contributed by atoms with van der Waals surface area (Å²) in [6.45, 7) is 4.16. The molecule has 0 atom stereocenters. The second-order valence-corrected chi connectivity index (χ2v) is 4.89. The molecule has 0 unspecified atom stereocenters. The summed E-state index contributed by atoms with van der Waals surface area (Å²) in [5.41, 5.74) is 0.236. The number of nitrogens with zero attached hydrogens (tertiary/aromatic N) is 1. The van der Waals surface area contributed by atoms with Gasteiger partial charge in [0.25, 0.3) is 5.69 Å². The number of nitro groups is 1. The summed E-state index contributed by atoms with van der Waals surface area (Å²) in [4.78, 5) is 24.1. The molecule has 16 heavy (non-hydrogen) atoms. The molecular formula is C10H14N2O3S. The van der Waals surface area contributed by atoms with E-state index in [1.54, 1.807) is 11.8 Å². The van der Waals surface area contributed by atoms with Gasteiger partial charge in [0.15, 0.2) is 5.78 Å². The summed E-state index contributed by atoms with van der Waals surface area (Å²) in [7, 11) is 0. The molecule has 88 valence electrons. The number of nitrogens with one attached hydrogen (secondary N) is 1. The van der Waals surface area contributed by atoms with Gasteiger partial charge in [-0.05, 0) is 11.7 Å². The lowest BCUT2D eigenvalue weighted by molar-refractivity contribution is -0.384. The van der Waals surface area contributed by atoms with Crippen molar-refractivity contribution in [3.8, 4) is 0 Å². The molecule has 0 spiro atoms. The second-order valence-electron chi connectivity index (χ2n) is 3.86. The van der Waals surface area contributed by atoms with E-state index in [4.69, 9.17) is 0 Å². The SMILES string of the molecule is CC(C)CSCC(=O)c1cc([N+](=O)[O-])c[nH]1. The van der Waals surface area contributed by atoms with Gasteiger partial charge in [-0.2, -0.15) is 11.8 Å². The Bertz CT molecular complexity index is 387. The van der Waals surface area contributed by atoms with Gasteiger partial charge in [-0.1, -0.05) is 13.8 Å². The first-order valence-electron chi connectivity index (χ1n) is 4.94. The van der Waals surface area contributed by atoms with E-state index in [0.29, 0.717) is 17.4 Å². The molecule has 5 nitrogen and oxygen atoms in total. The van der Waals surface area contributed by atoms with Crippen molar-refractivity contribution in [2.24, 2.45) is 5.92 Å². The normalized spacial score (nSPS) is 10.7. The first-order chi connectivity index (χ1) is 7.50. The maximum Gasteiger partial charge on any atom is 0.287 e. The molecular weight excluding hydrogens is 228 g/mol. The van der Waals surface area contributed by atoms with Crippen LogP contribution >= 0.6 is 11.8 Å². The number of ketones is 1. The van der Waals surface area contributed by atoms with Gasteiger partial charge in [-0.25, -0.2) is 0 Å². The Morgan fingerprint density at radius 1 is 1.62 bits per heavy atom. The quantitative estimate of drug-likeness (QED) is 0.472. The van der Waals surface area contributed by atoms with E-state index in [9.17, 15) is 14.9 Å². The number of aromatic amines is 1. The third-order valence-corrected chi connectivity index (χ3v) is 3.23. The smallest absolute Gasteiger partial charge is 0.287 e. The summed E-state index contributed by atoms with van der Waals surface area (Å²) in [6, 6.07) is 1.28. The summed E-state index contributed by atoms with van der Waals surface area (Å²) in [6.07, 6.45) is 1.24. The van der Waals surface area contributed by atoms with E-state index in [2.05, 4.69) is 18.8 Å². The van der Waals surface area contributed by atoms with Crippen molar-refractivity contribution in [2.75, 3.05) is 11.5 Å². The lowest BCUT2D eigenvalue weighted by atomic mass is 10.3. The van der Waals surface area contributed by atoms with E-state index < -0.39 is 4.92 Å². The monoisotopic (exact) mass is 242 g/mol. The molecule has 0 bridgehead atoms.